The SMILES string of the molecule is CCOC(=O)c1coc(NCc2cn[nH]c2N)n1. The Morgan fingerprint density at radius 1 is 1.67 bits per heavy atom. The smallest absolute Gasteiger partial charge is 0.360 e. The van der Waals surface area contributed by atoms with Gasteiger partial charge in [-0.05, 0) is 6.92 Å². The number of rotatable bonds is 5. The van der Waals surface area contributed by atoms with Crippen LogP contribution in [0.25, 0.3) is 0 Å². The molecule has 0 aliphatic heterocycles. The molecule has 8 heteroatoms. The van der Waals surface area contributed by atoms with Gasteiger partial charge in [0.1, 0.15) is 12.1 Å². The normalized spacial score (nSPS) is 10.3. The molecule has 0 saturated carbocycles. The summed E-state index contributed by atoms with van der Waals surface area (Å²) >= 11 is 0. The maximum atomic E-state index is 11.3. The molecule has 0 aromatic carbocycles. The van der Waals surface area contributed by atoms with E-state index < -0.39 is 5.97 Å². The number of nitrogens with two attached hydrogens (primary N) is 1. The van der Waals surface area contributed by atoms with Crippen molar-refractivity contribution in [2.24, 2.45) is 0 Å². The molecule has 96 valence electrons. The van der Waals surface area contributed by atoms with Crippen LogP contribution in [0.1, 0.15) is 23.0 Å². The first-order chi connectivity index (χ1) is 8.70. The summed E-state index contributed by atoms with van der Waals surface area (Å²) in [5.74, 6) is -0.0446. The average molecular weight is 251 g/mol. The van der Waals surface area contributed by atoms with E-state index in [1.807, 2.05) is 0 Å². The zero-order valence-corrected chi connectivity index (χ0v) is 9.77. The molecule has 0 spiro atoms. The van der Waals surface area contributed by atoms with Gasteiger partial charge in [0.25, 0.3) is 6.01 Å². The standard InChI is InChI=1S/C10H13N5O3/c1-2-17-9(16)7-5-18-10(14-7)12-3-6-4-13-15-8(6)11/h4-5H,2-3H2,1H3,(H,12,14)(H3,11,13,15). The lowest BCUT2D eigenvalue weighted by Gasteiger charge is -1.99. The van der Waals surface area contributed by atoms with E-state index in [2.05, 4.69) is 20.5 Å². The van der Waals surface area contributed by atoms with Crippen molar-refractivity contribution in [3.63, 3.8) is 0 Å². The second-order valence-electron chi connectivity index (χ2n) is 3.42. The Balaban J connectivity index is 1.95. The molecule has 0 unspecified atom stereocenters. The fraction of sp³-hybridized carbons (Fsp3) is 0.300. The summed E-state index contributed by atoms with van der Waals surface area (Å²) in [6, 6.07) is 0.221. The fourth-order valence-electron chi connectivity index (χ4n) is 1.29. The van der Waals surface area contributed by atoms with Gasteiger partial charge in [0, 0.05) is 12.1 Å². The minimum Gasteiger partial charge on any atom is -0.461 e. The van der Waals surface area contributed by atoms with Gasteiger partial charge in [0.15, 0.2) is 5.69 Å². The number of anilines is 2. The quantitative estimate of drug-likeness (QED) is 0.671. The van der Waals surface area contributed by atoms with E-state index in [-0.39, 0.29) is 11.7 Å². The zero-order chi connectivity index (χ0) is 13.0. The van der Waals surface area contributed by atoms with Crippen molar-refractivity contribution in [2.75, 3.05) is 17.7 Å². The number of hydrogen-bond donors (Lipinski definition) is 3. The lowest BCUT2D eigenvalue weighted by molar-refractivity contribution is 0.0519. The Kier molecular flexibility index (Phi) is 3.46. The van der Waals surface area contributed by atoms with Crippen LogP contribution in [0, 0.1) is 0 Å². The minimum atomic E-state index is -0.517. The number of nitrogens with zero attached hydrogens (tertiary/aromatic N) is 2. The van der Waals surface area contributed by atoms with Crippen LogP contribution in [0.2, 0.25) is 0 Å². The van der Waals surface area contributed by atoms with Gasteiger partial charge in [0.05, 0.1) is 12.8 Å². The number of oxazole rings is 1. The molecule has 18 heavy (non-hydrogen) atoms. The number of esters is 1. The van der Waals surface area contributed by atoms with Crippen molar-refractivity contribution in [1.82, 2.24) is 15.2 Å². The maximum absolute atomic E-state index is 11.3. The number of aromatic nitrogens is 3. The van der Waals surface area contributed by atoms with Crippen LogP contribution in [0.3, 0.4) is 0 Å². The van der Waals surface area contributed by atoms with Crippen molar-refractivity contribution in [2.45, 2.75) is 13.5 Å². The Hall–Kier alpha value is -2.51. The Morgan fingerprint density at radius 2 is 2.50 bits per heavy atom. The van der Waals surface area contributed by atoms with Gasteiger partial charge >= 0.3 is 5.97 Å². The number of ether oxygens (including phenoxy) is 1. The third-order valence-electron chi connectivity index (χ3n) is 2.17. The van der Waals surface area contributed by atoms with Crippen molar-refractivity contribution >= 4 is 17.8 Å². The summed E-state index contributed by atoms with van der Waals surface area (Å²) in [7, 11) is 0. The van der Waals surface area contributed by atoms with Gasteiger partial charge in [-0.15, -0.1) is 0 Å². The molecular weight excluding hydrogens is 238 g/mol. The summed E-state index contributed by atoms with van der Waals surface area (Å²) in [4.78, 5) is 15.3. The van der Waals surface area contributed by atoms with Crippen LogP contribution in [-0.2, 0) is 11.3 Å². The molecule has 4 N–H and O–H groups in total. The number of hydrogen-bond acceptors (Lipinski definition) is 7. The highest BCUT2D eigenvalue weighted by molar-refractivity contribution is 5.87. The molecule has 2 heterocycles. The number of carbonyl (C=O) groups excluding carboxylic acids is 1. The summed E-state index contributed by atoms with van der Waals surface area (Å²) in [6.45, 7) is 2.41. The van der Waals surface area contributed by atoms with Crippen LogP contribution >= 0.6 is 0 Å². The van der Waals surface area contributed by atoms with E-state index in [0.717, 1.165) is 5.56 Å². The van der Waals surface area contributed by atoms with Crippen LogP contribution in [0.5, 0.6) is 0 Å². The third kappa shape index (κ3) is 2.59. The molecule has 2 rings (SSSR count). The molecule has 0 aliphatic carbocycles. The molecule has 0 bridgehead atoms. The number of carbonyl (C=O) groups is 1. The highest BCUT2D eigenvalue weighted by Crippen LogP contribution is 2.12. The van der Waals surface area contributed by atoms with Gasteiger partial charge in [-0.3, -0.25) is 5.10 Å². The van der Waals surface area contributed by atoms with Gasteiger partial charge in [-0.25, -0.2) is 4.79 Å². The number of aromatic amines is 1. The second kappa shape index (κ2) is 5.21. The molecule has 2 aromatic heterocycles. The molecule has 0 aliphatic rings. The zero-order valence-electron chi connectivity index (χ0n) is 9.77. The molecule has 0 amide bonds. The fourth-order valence-corrected chi connectivity index (χ4v) is 1.29. The van der Waals surface area contributed by atoms with Crippen molar-refractivity contribution < 1.29 is 13.9 Å². The largest absolute Gasteiger partial charge is 0.461 e. The molecule has 8 nitrogen and oxygen atoms in total. The first-order valence-electron chi connectivity index (χ1n) is 5.35. The van der Waals surface area contributed by atoms with E-state index in [9.17, 15) is 4.79 Å². The summed E-state index contributed by atoms with van der Waals surface area (Å²) < 4.78 is 9.86. The topological polar surface area (TPSA) is 119 Å². The van der Waals surface area contributed by atoms with Gasteiger partial charge in [0.2, 0.25) is 0 Å². The lowest BCUT2D eigenvalue weighted by atomic mass is 10.3. The van der Waals surface area contributed by atoms with Crippen molar-refractivity contribution in [3.8, 4) is 0 Å². The molecule has 2 aromatic rings. The number of nitrogen functional groups attached to an aromatic ring is 1. The van der Waals surface area contributed by atoms with Gasteiger partial charge < -0.3 is 20.2 Å². The number of nitrogens with one attached hydrogen (secondary N) is 2. The molecular formula is C10H13N5O3. The second-order valence-corrected chi connectivity index (χ2v) is 3.42. The van der Waals surface area contributed by atoms with Crippen LogP contribution in [0.15, 0.2) is 16.9 Å². The first-order valence-corrected chi connectivity index (χ1v) is 5.35. The van der Waals surface area contributed by atoms with E-state index >= 15 is 0 Å². The van der Waals surface area contributed by atoms with E-state index in [1.54, 1.807) is 13.1 Å². The van der Waals surface area contributed by atoms with E-state index in [1.165, 1.54) is 6.26 Å². The Bertz CT molecular complexity index is 533. The number of H-pyrrole nitrogens is 1. The monoisotopic (exact) mass is 251 g/mol. The first kappa shape index (κ1) is 12.0. The molecule has 0 radical (unpaired) electrons. The molecule has 0 fully saturated rings. The van der Waals surface area contributed by atoms with Crippen LogP contribution in [-0.4, -0.2) is 27.8 Å². The predicted octanol–water partition coefficient (Wildman–Crippen LogP) is 0.769. The maximum Gasteiger partial charge on any atom is 0.360 e. The van der Waals surface area contributed by atoms with Crippen LogP contribution in [0.4, 0.5) is 11.8 Å². The van der Waals surface area contributed by atoms with Crippen molar-refractivity contribution in [3.05, 3.63) is 23.7 Å². The Morgan fingerprint density at radius 3 is 3.17 bits per heavy atom. The lowest BCUT2D eigenvalue weighted by Crippen LogP contribution is -2.06. The van der Waals surface area contributed by atoms with Crippen LogP contribution < -0.4 is 11.1 Å². The summed E-state index contributed by atoms with van der Waals surface area (Å²) in [5, 5.41) is 9.26. The third-order valence-corrected chi connectivity index (χ3v) is 2.17. The molecule has 0 saturated heterocycles. The average Bonchev–Trinajstić information content (AvgIpc) is 2.96. The van der Waals surface area contributed by atoms with Crippen molar-refractivity contribution in [1.29, 1.82) is 0 Å². The summed E-state index contributed by atoms with van der Waals surface area (Å²) in [6.07, 6.45) is 2.83. The Labute approximate surface area is 103 Å². The van der Waals surface area contributed by atoms with E-state index in [0.29, 0.717) is 19.0 Å². The molecule has 0 atom stereocenters. The highest BCUT2D eigenvalue weighted by atomic mass is 16.5. The van der Waals surface area contributed by atoms with E-state index in [4.69, 9.17) is 14.9 Å². The highest BCUT2D eigenvalue weighted by Gasteiger charge is 2.13. The van der Waals surface area contributed by atoms with Gasteiger partial charge in [-0.2, -0.15) is 10.1 Å². The van der Waals surface area contributed by atoms with Gasteiger partial charge in [-0.1, -0.05) is 0 Å². The minimum absolute atomic E-state index is 0.125. The summed E-state index contributed by atoms with van der Waals surface area (Å²) in [5.41, 5.74) is 6.52. The predicted molar refractivity (Wildman–Crippen MR) is 62.8 cm³/mol.